The number of methoxy groups -OCH3 is 2. The van der Waals surface area contributed by atoms with Gasteiger partial charge in [0, 0.05) is 20.2 Å². The Morgan fingerprint density at radius 1 is 1.00 bits per heavy atom. The van der Waals surface area contributed by atoms with E-state index < -0.39 is 0 Å². The standard InChI is InChI=1S/C16H19NO2.C5H12O.C3H7NO/c1-12-3-5-13(6-4-12)11-19-15-8-7-14(10-17)9-16(15)18-2;1-5(2,3)6-4;1-2-4-3-5/h3-9H,10-11,17H2,1-2H3;1-4H3;3H,2H2,1H3,(H,4,5). The van der Waals surface area contributed by atoms with E-state index in [4.69, 9.17) is 19.9 Å². The van der Waals surface area contributed by atoms with Crippen molar-refractivity contribution < 1.29 is 19.0 Å². The monoisotopic (exact) mass is 418 g/mol. The van der Waals surface area contributed by atoms with Gasteiger partial charge in [-0.3, -0.25) is 4.79 Å². The molecule has 0 aromatic heterocycles. The fourth-order valence-corrected chi connectivity index (χ4v) is 1.89. The zero-order valence-electron chi connectivity index (χ0n) is 19.5. The third-order valence-corrected chi connectivity index (χ3v) is 3.88. The van der Waals surface area contributed by atoms with Gasteiger partial charge in [-0.15, -0.1) is 0 Å². The van der Waals surface area contributed by atoms with Crippen molar-refractivity contribution in [3.63, 3.8) is 0 Å². The highest BCUT2D eigenvalue weighted by Gasteiger charge is 2.06. The molecule has 6 heteroatoms. The highest BCUT2D eigenvalue weighted by molar-refractivity contribution is 5.45. The van der Waals surface area contributed by atoms with Crippen LogP contribution in [0.1, 0.15) is 44.4 Å². The van der Waals surface area contributed by atoms with Crippen LogP contribution >= 0.6 is 0 Å². The number of hydrogen-bond donors (Lipinski definition) is 2. The third-order valence-electron chi connectivity index (χ3n) is 3.88. The Labute approximate surface area is 181 Å². The summed E-state index contributed by atoms with van der Waals surface area (Å²) in [6.07, 6.45) is 0.681. The second-order valence-corrected chi connectivity index (χ2v) is 7.46. The minimum Gasteiger partial charge on any atom is -0.493 e. The number of aryl methyl sites for hydroxylation is 1. The highest BCUT2D eigenvalue weighted by Crippen LogP contribution is 2.28. The smallest absolute Gasteiger partial charge is 0.207 e. The first-order chi connectivity index (χ1) is 14.2. The number of nitrogens with two attached hydrogens (primary N) is 1. The quantitative estimate of drug-likeness (QED) is 0.658. The van der Waals surface area contributed by atoms with Crippen LogP contribution < -0.4 is 20.5 Å². The Morgan fingerprint density at radius 3 is 1.97 bits per heavy atom. The topological polar surface area (TPSA) is 82.8 Å². The number of carbonyl (C=O) groups is 1. The number of nitrogens with one attached hydrogen (secondary N) is 1. The van der Waals surface area contributed by atoms with Gasteiger partial charge in [0.25, 0.3) is 0 Å². The minimum absolute atomic E-state index is 0.0417. The zero-order valence-corrected chi connectivity index (χ0v) is 19.5. The number of hydrogen-bond acceptors (Lipinski definition) is 5. The molecule has 0 saturated carbocycles. The van der Waals surface area contributed by atoms with E-state index in [0.29, 0.717) is 19.6 Å². The lowest BCUT2D eigenvalue weighted by molar-refractivity contribution is -0.109. The molecule has 2 aromatic carbocycles. The summed E-state index contributed by atoms with van der Waals surface area (Å²) in [6.45, 7) is 11.7. The van der Waals surface area contributed by atoms with Gasteiger partial charge in [0.15, 0.2) is 11.5 Å². The molecule has 0 spiro atoms. The molecule has 0 aliphatic heterocycles. The van der Waals surface area contributed by atoms with E-state index in [9.17, 15) is 4.79 Å². The molecule has 0 saturated heterocycles. The summed E-state index contributed by atoms with van der Waals surface area (Å²) in [6, 6.07) is 14.0. The lowest BCUT2D eigenvalue weighted by atomic mass is 10.1. The minimum atomic E-state index is 0.0417. The molecule has 2 aromatic rings. The Bertz CT molecular complexity index is 710. The van der Waals surface area contributed by atoms with Crippen LogP contribution in [0.3, 0.4) is 0 Å². The van der Waals surface area contributed by atoms with Crippen LogP contribution in [0.15, 0.2) is 42.5 Å². The van der Waals surface area contributed by atoms with Crippen LogP contribution in [-0.2, 0) is 22.7 Å². The zero-order chi connectivity index (χ0) is 23.0. The van der Waals surface area contributed by atoms with Crippen molar-refractivity contribution in [2.45, 2.75) is 53.4 Å². The summed E-state index contributed by atoms with van der Waals surface area (Å²) < 4.78 is 16.0. The van der Waals surface area contributed by atoms with Crippen LogP contribution in [0.2, 0.25) is 0 Å². The Kier molecular flexibility index (Phi) is 14.0. The van der Waals surface area contributed by atoms with E-state index in [1.165, 1.54) is 5.56 Å². The first-order valence-electron chi connectivity index (χ1n) is 9.98. The maximum absolute atomic E-state index is 9.29. The molecule has 6 nitrogen and oxygen atoms in total. The summed E-state index contributed by atoms with van der Waals surface area (Å²) in [4.78, 5) is 9.29. The van der Waals surface area contributed by atoms with E-state index in [-0.39, 0.29) is 5.60 Å². The van der Waals surface area contributed by atoms with Gasteiger partial charge in [0.05, 0.1) is 12.7 Å². The van der Waals surface area contributed by atoms with Crippen molar-refractivity contribution in [3.05, 3.63) is 59.2 Å². The van der Waals surface area contributed by atoms with Crippen molar-refractivity contribution in [2.75, 3.05) is 20.8 Å². The maximum Gasteiger partial charge on any atom is 0.207 e. The molecule has 2 rings (SSSR count). The molecule has 0 unspecified atom stereocenters. The van der Waals surface area contributed by atoms with Gasteiger partial charge in [-0.2, -0.15) is 0 Å². The maximum atomic E-state index is 9.29. The number of amides is 1. The molecule has 1 amide bonds. The molecule has 3 N–H and O–H groups in total. The fraction of sp³-hybridized carbons (Fsp3) is 0.458. The van der Waals surface area contributed by atoms with E-state index in [1.807, 2.05) is 45.9 Å². The largest absolute Gasteiger partial charge is 0.493 e. The molecule has 0 aliphatic rings. The first kappa shape index (κ1) is 27.4. The number of carbonyl (C=O) groups excluding carboxylic acids is 1. The normalized spacial score (nSPS) is 10.0. The lowest BCUT2D eigenvalue weighted by Gasteiger charge is -2.14. The number of ether oxygens (including phenoxy) is 3. The first-order valence-corrected chi connectivity index (χ1v) is 9.98. The van der Waals surface area contributed by atoms with Crippen LogP contribution in [0.5, 0.6) is 11.5 Å². The molecular weight excluding hydrogens is 380 g/mol. The molecular formula is C24H38N2O4. The van der Waals surface area contributed by atoms with Crippen molar-refractivity contribution in [2.24, 2.45) is 5.73 Å². The SMILES string of the molecule is CCNC=O.COC(C)(C)C.COc1cc(CN)ccc1OCc1ccc(C)cc1. The van der Waals surface area contributed by atoms with Crippen LogP contribution in [0.25, 0.3) is 0 Å². The van der Waals surface area contributed by atoms with Crippen LogP contribution in [-0.4, -0.2) is 32.8 Å². The van der Waals surface area contributed by atoms with Gasteiger partial charge in [0.1, 0.15) is 6.61 Å². The third kappa shape index (κ3) is 12.8. The van der Waals surface area contributed by atoms with Crippen molar-refractivity contribution in [1.29, 1.82) is 0 Å². The number of rotatable bonds is 7. The Hall–Kier alpha value is -2.57. The average molecular weight is 419 g/mol. The molecule has 0 atom stereocenters. The van der Waals surface area contributed by atoms with Crippen LogP contribution in [0.4, 0.5) is 0 Å². The van der Waals surface area contributed by atoms with Gasteiger partial charge in [-0.25, -0.2) is 0 Å². The molecule has 0 fully saturated rings. The molecule has 0 radical (unpaired) electrons. The predicted octanol–water partition coefficient (Wildman–Crippen LogP) is 4.22. The van der Waals surface area contributed by atoms with Gasteiger partial charge in [-0.1, -0.05) is 35.9 Å². The Morgan fingerprint density at radius 2 is 1.57 bits per heavy atom. The van der Waals surface area contributed by atoms with Gasteiger partial charge in [0.2, 0.25) is 6.41 Å². The average Bonchev–Trinajstić information content (AvgIpc) is 2.74. The lowest BCUT2D eigenvalue weighted by Crippen LogP contribution is -2.15. The van der Waals surface area contributed by atoms with Gasteiger partial charge >= 0.3 is 0 Å². The van der Waals surface area contributed by atoms with E-state index >= 15 is 0 Å². The molecule has 0 bridgehead atoms. The second-order valence-electron chi connectivity index (χ2n) is 7.46. The molecule has 0 aliphatic carbocycles. The van der Waals surface area contributed by atoms with E-state index in [1.54, 1.807) is 14.2 Å². The molecule has 30 heavy (non-hydrogen) atoms. The highest BCUT2D eigenvalue weighted by atomic mass is 16.5. The van der Waals surface area contributed by atoms with Crippen LogP contribution in [0, 0.1) is 6.92 Å². The van der Waals surface area contributed by atoms with Gasteiger partial charge < -0.3 is 25.3 Å². The van der Waals surface area contributed by atoms with E-state index in [2.05, 4.69) is 36.5 Å². The predicted molar refractivity (Wildman–Crippen MR) is 123 cm³/mol. The summed E-state index contributed by atoms with van der Waals surface area (Å²) >= 11 is 0. The molecule has 168 valence electrons. The van der Waals surface area contributed by atoms with Crippen molar-refractivity contribution in [3.8, 4) is 11.5 Å². The fourth-order valence-electron chi connectivity index (χ4n) is 1.89. The second kappa shape index (κ2) is 15.3. The summed E-state index contributed by atoms with van der Waals surface area (Å²) in [5.74, 6) is 1.45. The van der Waals surface area contributed by atoms with E-state index in [0.717, 1.165) is 29.2 Å². The van der Waals surface area contributed by atoms with Gasteiger partial charge in [-0.05, 0) is 57.9 Å². The summed E-state index contributed by atoms with van der Waals surface area (Å²) in [5.41, 5.74) is 9.05. The Balaban J connectivity index is 0.000000634. The van der Waals surface area contributed by atoms with Crippen molar-refractivity contribution >= 4 is 6.41 Å². The molecule has 0 heterocycles. The number of benzene rings is 2. The summed E-state index contributed by atoms with van der Waals surface area (Å²) in [7, 11) is 3.34. The summed E-state index contributed by atoms with van der Waals surface area (Å²) in [5, 5.41) is 2.43. The van der Waals surface area contributed by atoms with Crippen molar-refractivity contribution in [1.82, 2.24) is 5.32 Å².